The topological polar surface area (TPSA) is 131 Å². The zero-order valence-corrected chi connectivity index (χ0v) is 12.9. The van der Waals surface area contributed by atoms with Gasteiger partial charge in [-0.3, -0.25) is 0 Å². The van der Waals surface area contributed by atoms with E-state index < -0.39 is 9.84 Å². The number of sulfone groups is 1. The van der Waals surface area contributed by atoms with Crippen molar-refractivity contribution in [3.63, 3.8) is 0 Å². The molecule has 0 fully saturated rings. The second-order valence-corrected chi connectivity index (χ2v) is 7.55. The number of nitrogens with two attached hydrogens (primary N) is 1. The molecule has 4 N–H and O–H groups in total. The van der Waals surface area contributed by atoms with Crippen LogP contribution in [0.15, 0.2) is 12.3 Å². The highest BCUT2D eigenvalue weighted by molar-refractivity contribution is 7.89. The second-order valence-electron chi connectivity index (χ2n) is 4.35. The normalized spacial score (nSPS) is 11.5. The third kappa shape index (κ3) is 4.62. The minimum Gasteiger partial charge on any atom is -0.395 e. The van der Waals surface area contributed by atoms with Crippen molar-refractivity contribution in [3.8, 4) is 10.7 Å². The Hall–Kier alpha value is -1.78. The Morgan fingerprint density at radius 2 is 2.19 bits per heavy atom. The van der Waals surface area contributed by atoms with E-state index in [1.165, 1.54) is 17.5 Å². The molecule has 0 aliphatic heterocycles. The van der Waals surface area contributed by atoms with Crippen molar-refractivity contribution < 1.29 is 13.5 Å². The highest BCUT2D eigenvalue weighted by Gasteiger charge is 2.13. The van der Waals surface area contributed by atoms with Crippen LogP contribution in [-0.2, 0) is 15.6 Å². The number of hydrogen-bond acceptors (Lipinski definition) is 9. The van der Waals surface area contributed by atoms with Crippen LogP contribution in [0.25, 0.3) is 10.7 Å². The molecule has 0 unspecified atom stereocenters. The van der Waals surface area contributed by atoms with Crippen LogP contribution in [0.4, 0.5) is 10.9 Å². The van der Waals surface area contributed by atoms with Crippen LogP contribution in [0.2, 0.25) is 0 Å². The smallest absolute Gasteiger partial charge is 0.180 e. The Kier molecular flexibility index (Phi) is 4.70. The van der Waals surface area contributed by atoms with Gasteiger partial charge in [0, 0.05) is 18.9 Å². The number of nitrogens with zero attached hydrogens (tertiary/aromatic N) is 3. The van der Waals surface area contributed by atoms with Crippen LogP contribution >= 0.6 is 11.3 Å². The van der Waals surface area contributed by atoms with Crippen LogP contribution in [0.5, 0.6) is 0 Å². The van der Waals surface area contributed by atoms with E-state index >= 15 is 0 Å². The van der Waals surface area contributed by atoms with Crippen molar-refractivity contribution >= 4 is 32.1 Å². The minimum atomic E-state index is -3.21. The van der Waals surface area contributed by atoms with E-state index in [9.17, 15) is 8.42 Å². The molecule has 2 aromatic rings. The maximum Gasteiger partial charge on any atom is 0.180 e. The first-order valence-electron chi connectivity index (χ1n) is 5.99. The monoisotopic (exact) mass is 329 g/mol. The third-order valence-corrected chi connectivity index (χ3v) is 3.99. The lowest BCUT2D eigenvalue weighted by atomic mass is 10.4. The Morgan fingerprint density at radius 3 is 2.76 bits per heavy atom. The third-order valence-electron chi connectivity index (χ3n) is 2.35. The lowest BCUT2D eigenvalue weighted by Gasteiger charge is -2.08. The van der Waals surface area contributed by atoms with E-state index in [-0.39, 0.29) is 12.4 Å². The molecular weight excluding hydrogens is 314 g/mol. The summed E-state index contributed by atoms with van der Waals surface area (Å²) >= 11 is 1.22. The van der Waals surface area contributed by atoms with Gasteiger partial charge in [-0.15, -0.1) is 0 Å². The average Bonchev–Trinajstić information content (AvgIpc) is 2.81. The van der Waals surface area contributed by atoms with E-state index in [2.05, 4.69) is 20.3 Å². The zero-order valence-electron chi connectivity index (χ0n) is 11.3. The highest BCUT2D eigenvalue weighted by atomic mass is 32.2. The first-order valence-corrected chi connectivity index (χ1v) is 8.87. The molecular formula is C11H15N5O3S2. The van der Waals surface area contributed by atoms with Gasteiger partial charge in [0.2, 0.25) is 0 Å². The molecule has 0 aromatic carbocycles. The van der Waals surface area contributed by atoms with Crippen molar-refractivity contribution in [2.45, 2.75) is 5.75 Å². The Labute approximate surface area is 126 Å². The molecule has 0 saturated heterocycles. The van der Waals surface area contributed by atoms with Gasteiger partial charge in [0.25, 0.3) is 0 Å². The first-order chi connectivity index (χ1) is 9.87. The second kappa shape index (κ2) is 6.33. The quantitative estimate of drug-likeness (QED) is 0.681. The molecule has 0 amide bonds. The predicted molar refractivity (Wildman–Crippen MR) is 81.7 cm³/mol. The number of anilines is 2. The van der Waals surface area contributed by atoms with E-state index in [0.717, 1.165) is 6.26 Å². The lowest BCUT2D eigenvalue weighted by molar-refractivity contribution is 0.311. The number of aliphatic hydroxyl groups excluding tert-OH is 1. The number of nitrogens with one attached hydrogen (secondary N) is 1. The fraction of sp³-hybridized carbons (Fsp3) is 0.364. The Balaban J connectivity index is 2.41. The van der Waals surface area contributed by atoms with Gasteiger partial charge in [0.05, 0.1) is 29.1 Å². The molecule has 2 rings (SSSR count). The number of aromatic nitrogens is 3. The van der Waals surface area contributed by atoms with Gasteiger partial charge in [0.1, 0.15) is 5.82 Å². The summed E-state index contributed by atoms with van der Waals surface area (Å²) < 4.78 is 22.9. The molecule has 21 heavy (non-hydrogen) atoms. The number of nitrogen functional groups attached to an aromatic ring is 1. The number of rotatable bonds is 6. The van der Waals surface area contributed by atoms with Crippen molar-refractivity contribution in [1.29, 1.82) is 0 Å². The molecule has 0 aliphatic rings. The SMILES string of the molecule is CS(=O)(=O)Cc1cc(NCCO)nc(-c2cnc(N)s2)n1. The van der Waals surface area contributed by atoms with E-state index in [1.54, 1.807) is 6.07 Å². The number of thiazole rings is 1. The van der Waals surface area contributed by atoms with Crippen molar-refractivity contribution in [2.75, 3.05) is 30.5 Å². The van der Waals surface area contributed by atoms with Crippen LogP contribution in [0, 0.1) is 0 Å². The van der Waals surface area contributed by atoms with Gasteiger partial charge < -0.3 is 16.2 Å². The standard InChI is InChI=1S/C11H15N5O3S2/c1-21(18,19)6-7-4-9(13-2-3-17)16-10(15-7)8-5-14-11(12)20-8/h4-5,17H,2-3,6H2,1H3,(H2,12,14)(H,13,15,16). The zero-order chi connectivity index (χ0) is 15.5. The van der Waals surface area contributed by atoms with Crippen molar-refractivity contribution in [3.05, 3.63) is 18.0 Å². The van der Waals surface area contributed by atoms with Crippen LogP contribution in [-0.4, -0.2) is 47.9 Å². The largest absolute Gasteiger partial charge is 0.395 e. The van der Waals surface area contributed by atoms with Gasteiger partial charge in [0.15, 0.2) is 20.8 Å². The molecule has 0 aliphatic carbocycles. The molecule has 10 heteroatoms. The van der Waals surface area contributed by atoms with Crippen LogP contribution < -0.4 is 11.1 Å². The van der Waals surface area contributed by atoms with Gasteiger partial charge >= 0.3 is 0 Å². The summed E-state index contributed by atoms with van der Waals surface area (Å²) in [7, 11) is -3.21. The fourth-order valence-corrected chi connectivity index (χ4v) is 2.92. The van der Waals surface area contributed by atoms with Crippen LogP contribution in [0.3, 0.4) is 0 Å². The van der Waals surface area contributed by atoms with E-state index in [4.69, 9.17) is 10.8 Å². The molecule has 114 valence electrons. The average molecular weight is 329 g/mol. The molecule has 0 saturated carbocycles. The number of hydrogen-bond donors (Lipinski definition) is 3. The molecule has 8 nitrogen and oxygen atoms in total. The Bertz CT molecular complexity index is 729. The lowest BCUT2D eigenvalue weighted by Crippen LogP contribution is -2.10. The summed E-state index contributed by atoms with van der Waals surface area (Å²) in [6, 6.07) is 1.55. The molecule has 2 heterocycles. The van der Waals surface area contributed by atoms with Gasteiger partial charge in [-0.05, 0) is 0 Å². The highest BCUT2D eigenvalue weighted by Crippen LogP contribution is 2.26. The number of aliphatic hydroxyl groups is 1. The molecule has 0 bridgehead atoms. The summed E-state index contributed by atoms with van der Waals surface area (Å²) in [6.07, 6.45) is 2.68. The first kappa shape index (κ1) is 15.6. The molecule has 0 atom stereocenters. The maximum absolute atomic E-state index is 11.4. The van der Waals surface area contributed by atoms with Gasteiger partial charge in [-0.2, -0.15) is 0 Å². The minimum absolute atomic E-state index is 0.0613. The fourth-order valence-electron chi connectivity index (χ4n) is 1.62. The van der Waals surface area contributed by atoms with Crippen molar-refractivity contribution in [2.24, 2.45) is 0 Å². The molecule has 2 aromatic heterocycles. The van der Waals surface area contributed by atoms with Gasteiger partial charge in [-0.25, -0.2) is 23.4 Å². The van der Waals surface area contributed by atoms with Crippen LogP contribution in [0.1, 0.15) is 5.69 Å². The van der Waals surface area contributed by atoms with Gasteiger partial charge in [-0.1, -0.05) is 11.3 Å². The maximum atomic E-state index is 11.4. The summed E-state index contributed by atoms with van der Waals surface area (Å²) in [6.45, 7) is 0.244. The Morgan fingerprint density at radius 1 is 1.43 bits per heavy atom. The summed E-state index contributed by atoms with van der Waals surface area (Å²) in [5, 5.41) is 12.1. The predicted octanol–water partition coefficient (Wildman–Crippen LogP) is 0.131. The summed E-state index contributed by atoms with van der Waals surface area (Å²) in [4.78, 5) is 13.1. The van der Waals surface area contributed by atoms with E-state index in [1.807, 2.05) is 0 Å². The molecule has 0 spiro atoms. The molecule has 0 radical (unpaired) electrons. The van der Waals surface area contributed by atoms with Crippen molar-refractivity contribution in [1.82, 2.24) is 15.0 Å². The summed E-state index contributed by atoms with van der Waals surface area (Å²) in [5.74, 6) is 0.607. The summed E-state index contributed by atoms with van der Waals surface area (Å²) in [5.41, 5.74) is 5.95. The van der Waals surface area contributed by atoms with E-state index in [0.29, 0.717) is 33.9 Å².